The summed E-state index contributed by atoms with van der Waals surface area (Å²) in [4.78, 5) is 17.7. The Morgan fingerprint density at radius 1 is 0.310 bits per heavy atom. The molecule has 0 saturated heterocycles. The van der Waals surface area contributed by atoms with Crippen LogP contribution in [0.25, 0.3) is 56.2 Å². The molecule has 0 bridgehead atoms. The Morgan fingerprint density at radius 3 is 1.17 bits per heavy atom. The molecular weight excluding hydrogens is 705 g/mol. The predicted molar refractivity (Wildman–Crippen MR) is 239 cm³/mol. The van der Waals surface area contributed by atoms with Gasteiger partial charge < -0.3 is 0 Å². The topological polar surface area (TPSA) is 42.5 Å². The zero-order chi connectivity index (χ0) is 38.7. The zero-order valence-electron chi connectivity index (χ0n) is 31.7. The van der Waals surface area contributed by atoms with Gasteiger partial charge >= 0.3 is 0 Å². The SMILES string of the molecule is c1ccc(C2=NC(c3ccccc3-c3ccccc3)(n3c(-c4ccccc4-c4ccccc4)nc(-c4ccccc4)c3-c3ccccc3)N=C2c2ccccc2)cc1. The van der Waals surface area contributed by atoms with Crippen molar-refractivity contribution in [2.75, 3.05) is 0 Å². The molecular formula is C54H38N4. The number of hydrogen-bond donors (Lipinski definition) is 0. The minimum absolute atomic E-state index is 0.759. The Hall–Kier alpha value is -7.69. The summed E-state index contributed by atoms with van der Waals surface area (Å²) in [6.45, 7) is 0. The van der Waals surface area contributed by atoms with Crippen molar-refractivity contribution in [2.24, 2.45) is 9.98 Å². The number of imidazole rings is 1. The molecule has 0 saturated carbocycles. The zero-order valence-corrected chi connectivity index (χ0v) is 31.7. The van der Waals surface area contributed by atoms with E-state index >= 15 is 0 Å². The second-order valence-corrected chi connectivity index (χ2v) is 14.3. The number of hydrogen-bond acceptors (Lipinski definition) is 3. The maximum atomic E-state index is 5.99. The molecule has 0 radical (unpaired) electrons. The standard InChI is InChI=1S/C54H38N4/c1-7-23-39(24-8-1)45-35-19-20-37-47(45)53-55-51(43-31-15-5-16-32-43)52(44-33-17-6-18-34-44)58(53)54(48-38-22-21-36-46(48)40-25-9-2-10-26-40)56-49(41-27-11-3-12-28-41)50(57-54)42-29-13-4-14-30-42/h1-38H. The highest BCUT2D eigenvalue weighted by molar-refractivity contribution is 6.54. The maximum Gasteiger partial charge on any atom is 0.262 e. The van der Waals surface area contributed by atoms with E-state index in [-0.39, 0.29) is 0 Å². The highest BCUT2D eigenvalue weighted by Gasteiger charge is 2.46. The van der Waals surface area contributed by atoms with Gasteiger partial charge in [-0.2, -0.15) is 0 Å². The second kappa shape index (κ2) is 15.1. The molecule has 2 heterocycles. The van der Waals surface area contributed by atoms with Crippen LogP contribution in [0.4, 0.5) is 0 Å². The Balaban J connectivity index is 1.42. The van der Waals surface area contributed by atoms with Crippen LogP contribution in [0.1, 0.15) is 16.7 Å². The largest absolute Gasteiger partial charge is 0.275 e. The van der Waals surface area contributed by atoms with E-state index in [1.54, 1.807) is 0 Å². The molecule has 0 fully saturated rings. The first-order valence-corrected chi connectivity index (χ1v) is 19.6. The van der Waals surface area contributed by atoms with Crippen LogP contribution in [-0.4, -0.2) is 21.0 Å². The first-order chi connectivity index (χ1) is 28.8. The van der Waals surface area contributed by atoms with Crippen LogP contribution in [-0.2, 0) is 5.79 Å². The lowest BCUT2D eigenvalue weighted by Crippen LogP contribution is -2.32. The van der Waals surface area contributed by atoms with Crippen LogP contribution < -0.4 is 0 Å². The Kier molecular flexibility index (Phi) is 9.05. The minimum Gasteiger partial charge on any atom is -0.275 e. The summed E-state index contributed by atoms with van der Waals surface area (Å²) in [5.41, 5.74) is 13.6. The summed E-state index contributed by atoms with van der Waals surface area (Å²) in [5, 5.41) is 0. The van der Waals surface area contributed by atoms with Crippen LogP contribution in [0.2, 0.25) is 0 Å². The third-order valence-corrected chi connectivity index (χ3v) is 10.8. The van der Waals surface area contributed by atoms with E-state index in [9.17, 15) is 0 Å². The highest BCUT2D eigenvalue weighted by atomic mass is 15.4. The van der Waals surface area contributed by atoms with Gasteiger partial charge in [-0.25, -0.2) is 15.0 Å². The van der Waals surface area contributed by atoms with Crippen LogP contribution in [0.5, 0.6) is 0 Å². The Labute approximate surface area is 338 Å². The fraction of sp³-hybridized carbons (Fsp3) is 0.0185. The number of benzene rings is 8. The summed E-state index contributed by atoms with van der Waals surface area (Å²) in [5.74, 6) is -0.609. The summed E-state index contributed by atoms with van der Waals surface area (Å²) >= 11 is 0. The molecule has 10 rings (SSSR count). The van der Waals surface area contributed by atoms with Gasteiger partial charge in [0.15, 0.2) is 0 Å². The normalized spacial score (nSPS) is 13.2. The van der Waals surface area contributed by atoms with E-state index in [0.29, 0.717) is 0 Å². The maximum absolute atomic E-state index is 5.99. The van der Waals surface area contributed by atoms with E-state index in [1.165, 1.54) is 0 Å². The monoisotopic (exact) mass is 742 g/mol. The van der Waals surface area contributed by atoms with Gasteiger partial charge in [-0.3, -0.25) is 4.57 Å². The van der Waals surface area contributed by atoms with Crippen LogP contribution in [0, 0.1) is 0 Å². The first-order valence-electron chi connectivity index (χ1n) is 19.6. The molecule has 0 aliphatic carbocycles. The molecule has 1 aliphatic rings. The molecule has 0 unspecified atom stereocenters. The average Bonchev–Trinajstić information content (AvgIpc) is 3.92. The lowest BCUT2D eigenvalue weighted by molar-refractivity contribution is 0.410. The summed E-state index contributed by atoms with van der Waals surface area (Å²) in [7, 11) is 0. The van der Waals surface area contributed by atoms with E-state index in [1.807, 2.05) is 12.1 Å². The van der Waals surface area contributed by atoms with Crippen molar-refractivity contribution in [1.29, 1.82) is 0 Å². The molecule has 58 heavy (non-hydrogen) atoms. The molecule has 4 nitrogen and oxygen atoms in total. The average molecular weight is 743 g/mol. The van der Waals surface area contributed by atoms with Crippen molar-refractivity contribution in [3.8, 4) is 56.2 Å². The van der Waals surface area contributed by atoms with E-state index < -0.39 is 5.79 Å². The van der Waals surface area contributed by atoms with Crippen molar-refractivity contribution in [1.82, 2.24) is 9.55 Å². The molecule has 0 amide bonds. The molecule has 0 spiro atoms. The highest BCUT2D eigenvalue weighted by Crippen LogP contribution is 2.49. The third kappa shape index (κ3) is 6.18. The van der Waals surface area contributed by atoms with Crippen molar-refractivity contribution < 1.29 is 0 Å². The fourth-order valence-corrected chi connectivity index (χ4v) is 8.13. The number of nitrogens with zero attached hydrogens (tertiary/aromatic N) is 4. The van der Waals surface area contributed by atoms with Gasteiger partial charge in [-0.05, 0) is 22.3 Å². The van der Waals surface area contributed by atoms with Crippen LogP contribution >= 0.6 is 0 Å². The van der Waals surface area contributed by atoms with Gasteiger partial charge in [0.25, 0.3) is 5.79 Å². The quantitative estimate of drug-likeness (QED) is 0.145. The Morgan fingerprint density at radius 2 is 0.672 bits per heavy atom. The summed E-state index contributed by atoms with van der Waals surface area (Å²) in [6, 6.07) is 80.2. The molecule has 4 heteroatoms. The summed E-state index contributed by atoms with van der Waals surface area (Å²) < 4.78 is 2.33. The first kappa shape index (κ1) is 34.8. The smallest absolute Gasteiger partial charge is 0.262 e. The molecule has 274 valence electrons. The molecule has 1 aliphatic heterocycles. The minimum atomic E-state index is -1.37. The van der Waals surface area contributed by atoms with Crippen LogP contribution in [0.15, 0.2) is 241 Å². The molecule has 1 aromatic heterocycles. The Bertz CT molecular complexity index is 2840. The number of rotatable bonds is 9. The van der Waals surface area contributed by atoms with Crippen molar-refractivity contribution in [3.05, 3.63) is 247 Å². The van der Waals surface area contributed by atoms with E-state index in [2.05, 4.69) is 223 Å². The molecule has 8 aromatic carbocycles. The number of aromatic nitrogens is 2. The van der Waals surface area contributed by atoms with Crippen molar-refractivity contribution in [3.63, 3.8) is 0 Å². The lowest BCUT2D eigenvalue weighted by Gasteiger charge is -2.32. The predicted octanol–water partition coefficient (Wildman–Crippen LogP) is 12.9. The molecule has 0 N–H and O–H groups in total. The van der Waals surface area contributed by atoms with Crippen molar-refractivity contribution in [2.45, 2.75) is 5.79 Å². The van der Waals surface area contributed by atoms with Gasteiger partial charge in [0.2, 0.25) is 0 Å². The van der Waals surface area contributed by atoms with Gasteiger partial charge in [-0.1, -0.05) is 231 Å². The van der Waals surface area contributed by atoms with Gasteiger partial charge in [0.1, 0.15) is 5.82 Å². The van der Waals surface area contributed by atoms with Crippen molar-refractivity contribution >= 4 is 11.4 Å². The van der Waals surface area contributed by atoms with Crippen LogP contribution in [0.3, 0.4) is 0 Å². The second-order valence-electron chi connectivity index (χ2n) is 14.3. The lowest BCUT2D eigenvalue weighted by atomic mass is 9.93. The van der Waals surface area contributed by atoms with E-state index in [0.717, 1.165) is 84.3 Å². The third-order valence-electron chi connectivity index (χ3n) is 10.8. The van der Waals surface area contributed by atoms with Gasteiger partial charge in [-0.15, -0.1) is 0 Å². The van der Waals surface area contributed by atoms with Gasteiger partial charge in [0.05, 0.1) is 22.8 Å². The fourth-order valence-electron chi connectivity index (χ4n) is 8.13. The molecule has 0 atom stereocenters. The summed E-state index contributed by atoms with van der Waals surface area (Å²) in [6.07, 6.45) is 0. The van der Waals surface area contributed by atoms with E-state index in [4.69, 9.17) is 15.0 Å². The molecule has 9 aromatic rings. The number of aliphatic imine (C=N–C) groups is 2. The van der Waals surface area contributed by atoms with Gasteiger partial charge in [0, 0.05) is 33.4 Å².